The first-order valence-electron chi connectivity index (χ1n) is 3.97. The van der Waals surface area contributed by atoms with Crippen LogP contribution in [0.15, 0.2) is 12.2 Å². The lowest BCUT2D eigenvalue weighted by Gasteiger charge is -1.94. The highest BCUT2D eigenvalue weighted by molar-refractivity contribution is 4.91. The summed E-state index contributed by atoms with van der Waals surface area (Å²) in [5.41, 5.74) is 1.38. The van der Waals surface area contributed by atoms with E-state index < -0.39 is 0 Å². The van der Waals surface area contributed by atoms with E-state index in [9.17, 15) is 0 Å². The van der Waals surface area contributed by atoms with Crippen molar-refractivity contribution < 1.29 is 0 Å². The fourth-order valence-electron chi connectivity index (χ4n) is 0.530. The van der Waals surface area contributed by atoms with E-state index in [1.807, 2.05) is 13.8 Å². The predicted molar refractivity (Wildman–Crippen MR) is 45.7 cm³/mol. The fraction of sp³-hybridized carbons (Fsp3) is 0.778. The molecule has 0 radical (unpaired) electrons. The zero-order valence-electron chi connectivity index (χ0n) is 7.33. The van der Waals surface area contributed by atoms with Crippen molar-refractivity contribution in [2.45, 2.75) is 47.0 Å². The minimum absolute atomic E-state index is 1.15. The maximum Gasteiger partial charge on any atom is -0.0326 e. The first kappa shape index (κ1) is 11.5. The lowest BCUT2D eigenvalue weighted by molar-refractivity contribution is 0.863. The molecule has 0 saturated carbocycles. The van der Waals surface area contributed by atoms with Gasteiger partial charge in [-0.25, -0.2) is 0 Å². The molecule has 0 heterocycles. The van der Waals surface area contributed by atoms with E-state index in [2.05, 4.69) is 20.4 Å². The van der Waals surface area contributed by atoms with Gasteiger partial charge in [-0.15, -0.1) is 0 Å². The molecule has 0 aromatic heterocycles. The average Bonchev–Trinajstić information content (AvgIpc) is 1.93. The third kappa shape index (κ3) is 11.4. The molecule has 0 rings (SSSR count). The summed E-state index contributed by atoms with van der Waals surface area (Å²) in [6.45, 7) is 12.2. The van der Waals surface area contributed by atoms with E-state index >= 15 is 0 Å². The van der Waals surface area contributed by atoms with Crippen molar-refractivity contribution in [3.05, 3.63) is 12.2 Å². The van der Waals surface area contributed by atoms with Crippen LogP contribution in [-0.4, -0.2) is 0 Å². The molecule has 0 N–H and O–H groups in total. The van der Waals surface area contributed by atoms with Crippen LogP contribution >= 0.6 is 0 Å². The standard InChI is InChI=1S/C7H14.C2H6/c1-4-6-7(3)5-2;1-2/h3-6H2,1-2H3;1-2H3. The van der Waals surface area contributed by atoms with E-state index in [0.717, 1.165) is 6.42 Å². The van der Waals surface area contributed by atoms with Gasteiger partial charge in [-0.05, 0) is 12.8 Å². The van der Waals surface area contributed by atoms with E-state index in [0.29, 0.717) is 0 Å². The Hall–Kier alpha value is -0.260. The van der Waals surface area contributed by atoms with Crippen LogP contribution in [0.25, 0.3) is 0 Å². The first-order chi connectivity index (χ1) is 4.31. The zero-order chi connectivity index (χ0) is 7.70. The SMILES string of the molecule is C=C(CC)CCC.CC. The monoisotopic (exact) mass is 128 g/mol. The molecule has 0 aromatic carbocycles. The second kappa shape index (κ2) is 10.7. The lowest BCUT2D eigenvalue weighted by Crippen LogP contribution is -1.73. The van der Waals surface area contributed by atoms with E-state index in [4.69, 9.17) is 0 Å². The number of hydrogen-bond acceptors (Lipinski definition) is 0. The van der Waals surface area contributed by atoms with E-state index in [1.165, 1.54) is 18.4 Å². The summed E-state index contributed by atoms with van der Waals surface area (Å²) >= 11 is 0. The van der Waals surface area contributed by atoms with Gasteiger partial charge in [-0.2, -0.15) is 0 Å². The third-order valence-corrected chi connectivity index (χ3v) is 1.10. The summed E-state index contributed by atoms with van der Waals surface area (Å²) in [6, 6.07) is 0. The molecule has 0 saturated heterocycles. The molecule has 0 amide bonds. The molecule has 0 bridgehead atoms. The largest absolute Gasteiger partial charge is 0.0999 e. The average molecular weight is 128 g/mol. The molecule has 0 atom stereocenters. The van der Waals surface area contributed by atoms with Crippen molar-refractivity contribution in [2.24, 2.45) is 0 Å². The molecule has 0 aliphatic heterocycles. The van der Waals surface area contributed by atoms with Crippen molar-refractivity contribution in [1.82, 2.24) is 0 Å². The van der Waals surface area contributed by atoms with Crippen molar-refractivity contribution >= 4 is 0 Å². The maximum absolute atomic E-state index is 3.86. The summed E-state index contributed by atoms with van der Waals surface area (Å²) < 4.78 is 0. The summed E-state index contributed by atoms with van der Waals surface area (Å²) in [4.78, 5) is 0. The van der Waals surface area contributed by atoms with Crippen LogP contribution in [0.5, 0.6) is 0 Å². The summed E-state index contributed by atoms with van der Waals surface area (Å²) in [5.74, 6) is 0. The molecular formula is C9H20. The van der Waals surface area contributed by atoms with E-state index in [1.54, 1.807) is 0 Å². The Balaban J connectivity index is 0. The molecular weight excluding hydrogens is 108 g/mol. The van der Waals surface area contributed by atoms with Crippen LogP contribution < -0.4 is 0 Å². The molecule has 0 aliphatic carbocycles. The van der Waals surface area contributed by atoms with Crippen LogP contribution in [0, 0.1) is 0 Å². The highest BCUT2D eigenvalue weighted by atomic mass is 13.9. The molecule has 0 heteroatoms. The summed E-state index contributed by atoms with van der Waals surface area (Å²) in [6.07, 6.45) is 3.59. The Kier molecular flexibility index (Phi) is 13.7. The summed E-state index contributed by atoms with van der Waals surface area (Å²) in [7, 11) is 0. The molecule has 56 valence electrons. The second-order valence-corrected chi connectivity index (χ2v) is 1.85. The van der Waals surface area contributed by atoms with Gasteiger partial charge in [0.15, 0.2) is 0 Å². The molecule has 0 aromatic rings. The Morgan fingerprint density at radius 2 is 1.67 bits per heavy atom. The third-order valence-electron chi connectivity index (χ3n) is 1.10. The normalized spacial score (nSPS) is 7.56. The molecule has 0 aliphatic rings. The predicted octanol–water partition coefficient (Wildman–Crippen LogP) is 3.78. The lowest BCUT2D eigenvalue weighted by atomic mass is 10.1. The van der Waals surface area contributed by atoms with Gasteiger partial charge in [0.05, 0.1) is 0 Å². The first-order valence-corrected chi connectivity index (χ1v) is 3.97. The number of allylic oxidation sites excluding steroid dienone is 1. The molecule has 0 spiro atoms. The zero-order valence-corrected chi connectivity index (χ0v) is 7.33. The van der Waals surface area contributed by atoms with E-state index in [-0.39, 0.29) is 0 Å². The minimum atomic E-state index is 1.15. The Labute approximate surface area is 60.0 Å². The molecule has 0 unspecified atom stereocenters. The van der Waals surface area contributed by atoms with Gasteiger partial charge in [-0.1, -0.05) is 46.3 Å². The molecule has 0 nitrogen and oxygen atoms in total. The fourth-order valence-corrected chi connectivity index (χ4v) is 0.530. The van der Waals surface area contributed by atoms with Crippen LogP contribution in [-0.2, 0) is 0 Å². The number of hydrogen-bond donors (Lipinski definition) is 0. The van der Waals surface area contributed by atoms with Gasteiger partial charge in [0.25, 0.3) is 0 Å². The van der Waals surface area contributed by atoms with Gasteiger partial charge in [0, 0.05) is 0 Å². The smallest absolute Gasteiger partial charge is 0.0326 e. The van der Waals surface area contributed by atoms with Gasteiger partial charge in [0.2, 0.25) is 0 Å². The topological polar surface area (TPSA) is 0 Å². The van der Waals surface area contributed by atoms with Crippen LogP contribution in [0.4, 0.5) is 0 Å². The van der Waals surface area contributed by atoms with Gasteiger partial charge < -0.3 is 0 Å². The quantitative estimate of drug-likeness (QED) is 0.507. The highest BCUT2D eigenvalue weighted by Gasteiger charge is 1.83. The van der Waals surface area contributed by atoms with Crippen molar-refractivity contribution in [2.75, 3.05) is 0 Å². The van der Waals surface area contributed by atoms with Crippen LogP contribution in [0.2, 0.25) is 0 Å². The number of rotatable bonds is 3. The van der Waals surface area contributed by atoms with Crippen molar-refractivity contribution in [3.8, 4) is 0 Å². The van der Waals surface area contributed by atoms with Crippen molar-refractivity contribution in [3.63, 3.8) is 0 Å². The van der Waals surface area contributed by atoms with Gasteiger partial charge in [-0.3, -0.25) is 0 Å². The molecule has 9 heavy (non-hydrogen) atoms. The highest BCUT2D eigenvalue weighted by Crippen LogP contribution is 2.03. The Morgan fingerprint density at radius 1 is 1.22 bits per heavy atom. The van der Waals surface area contributed by atoms with Gasteiger partial charge in [0.1, 0.15) is 0 Å². The Bertz CT molecular complexity index is 53.1. The van der Waals surface area contributed by atoms with Crippen molar-refractivity contribution in [1.29, 1.82) is 0 Å². The maximum atomic E-state index is 3.86. The minimum Gasteiger partial charge on any atom is -0.0999 e. The second-order valence-electron chi connectivity index (χ2n) is 1.85. The van der Waals surface area contributed by atoms with Gasteiger partial charge >= 0.3 is 0 Å². The molecule has 0 fully saturated rings. The van der Waals surface area contributed by atoms with Crippen LogP contribution in [0.3, 0.4) is 0 Å². The summed E-state index contributed by atoms with van der Waals surface area (Å²) in [5, 5.41) is 0. The van der Waals surface area contributed by atoms with Crippen LogP contribution in [0.1, 0.15) is 47.0 Å². The Morgan fingerprint density at radius 3 is 1.78 bits per heavy atom.